The predicted octanol–water partition coefficient (Wildman–Crippen LogP) is 4.31. The number of hydrogen-bond acceptors (Lipinski definition) is 6. The van der Waals surface area contributed by atoms with E-state index in [1.54, 1.807) is 6.92 Å². The fourth-order valence-corrected chi connectivity index (χ4v) is 3.84. The lowest BCUT2D eigenvalue weighted by molar-refractivity contribution is -0.138. The van der Waals surface area contributed by atoms with E-state index in [9.17, 15) is 4.79 Å². The van der Waals surface area contributed by atoms with E-state index in [1.807, 2.05) is 72.5 Å². The highest BCUT2D eigenvalue weighted by molar-refractivity contribution is 6.30. The van der Waals surface area contributed by atoms with Crippen LogP contribution < -0.4 is 14.4 Å². The SMILES string of the molecule is CCOc1ccc(OC(C)C(=O)N2CCN(c3ccc(-c4ccc(Cl)cc4)nn3)CC2)cc1. The summed E-state index contributed by atoms with van der Waals surface area (Å²) in [4.78, 5) is 16.8. The lowest BCUT2D eigenvalue weighted by Gasteiger charge is -2.36. The molecule has 1 aromatic heterocycles. The molecule has 0 radical (unpaired) electrons. The van der Waals surface area contributed by atoms with Crippen LogP contribution in [0.5, 0.6) is 11.5 Å². The fraction of sp³-hybridized carbons (Fsp3) is 0.320. The molecule has 2 aromatic carbocycles. The Morgan fingerprint density at radius 3 is 2.21 bits per heavy atom. The van der Waals surface area contributed by atoms with E-state index >= 15 is 0 Å². The van der Waals surface area contributed by atoms with E-state index in [4.69, 9.17) is 21.1 Å². The van der Waals surface area contributed by atoms with Crippen LogP contribution in [0, 0.1) is 0 Å². The van der Waals surface area contributed by atoms with Crippen molar-refractivity contribution in [1.82, 2.24) is 15.1 Å². The van der Waals surface area contributed by atoms with E-state index in [2.05, 4.69) is 15.1 Å². The number of ether oxygens (including phenoxy) is 2. The summed E-state index contributed by atoms with van der Waals surface area (Å²) in [5.74, 6) is 2.21. The highest BCUT2D eigenvalue weighted by Crippen LogP contribution is 2.22. The molecule has 1 amide bonds. The minimum atomic E-state index is -0.562. The first kappa shape index (κ1) is 22.9. The van der Waals surface area contributed by atoms with Crippen molar-refractivity contribution in [3.8, 4) is 22.8 Å². The lowest BCUT2D eigenvalue weighted by Crippen LogP contribution is -2.52. The molecule has 1 unspecified atom stereocenters. The number of aromatic nitrogens is 2. The molecule has 1 aliphatic rings. The molecule has 3 aromatic rings. The number of nitrogens with zero attached hydrogens (tertiary/aromatic N) is 4. The molecule has 0 saturated carbocycles. The molecular weight excluding hydrogens is 440 g/mol. The van der Waals surface area contributed by atoms with Crippen molar-refractivity contribution in [3.63, 3.8) is 0 Å². The number of halogens is 1. The topological polar surface area (TPSA) is 67.8 Å². The van der Waals surface area contributed by atoms with Gasteiger partial charge in [0.05, 0.1) is 12.3 Å². The van der Waals surface area contributed by atoms with Crippen LogP contribution in [0.15, 0.2) is 60.7 Å². The molecule has 1 fully saturated rings. The zero-order valence-electron chi connectivity index (χ0n) is 18.8. The van der Waals surface area contributed by atoms with Crippen molar-refractivity contribution in [2.45, 2.75) is 20.0 Å². The quantitative estimate of drug-likeness (QED) is 0.516. The number of anilines is 1. The van der Waals surface area contributed by atoms with Crippen LogP contribution >= 0.6 is 11.6 Å². The molecule has 4 rings (SSSR count). The van der Waals surface area contributed by atoms with E-state index < -0.39 is 6.10 Å². The Labute approximate surface area is 198 Å². The molecule has 0 aliphatic carbocycles. The third-order valence-corrected chi connectivity index (χ3v) is 5.75. The van der Waals surface area contributed by atoms with Crippen LogP contribution in [0.4, 0.5) is 5.82 Å². The lowest BCUT2D eigenvalue weighted by atomic mass is 10.1. The molecule has 1 atom stereocenters. The molecule has 2 heterocycles. The molecule has 0 bridgehead atoms. The molecule has 33 heavy (non-hydrogen) atoms. The highest BCUT2D eigenvalue weighted by Gasteiger charge is 2.26. The number of rotatable bonds is 7. The maximum atomic E-state index is 12.9. The van der Waals surface area contributed by atoms with Gasteiger partial charge < -0.3 is 19.3 Å². The first-order chi connectivity index (χ1) is 16.0. The zero-order chi connectivity index (χ0) is 23.2. The van der Waals surface area contributed by atoms with Gasteiger partial charge in [-0.15, -0.1) is 10.2 Å². The summed E-state index contributed by atoms with van der Waals surface area (Å²) < 4.78 is 11.3. The average Bonchev–Trinajstić information content (AvgIpc) is 2.86. The van der Waals surface area contributed by atoms with E-state index in [0.717, 1.165) is 22.8 Å². The Bertz CT molecular complexity index is 1050. The highest BCUT2D eigenvalue weighted by atomic mass is 35.5. The van der Waals surface area contributed by atoms with Crippen LogP contribution in [0.2, 0.25) is 5.02 Å². The third-order valence-electron chi connectivity index (χ3n) is 5.50. The normalized spacial score (nSPS) is 14.6. The summed E-state index contributed by atoms with van der Waals surface area (Å²) in [6, 6.07) is 18.8. The first-order valence-corrected chi connectivity index (χ1v) is 11.4. The van der Waals surface area contributed by atoms with Gasteiger partial charge in [-0.25, -0.2) is 0 Å². The number of hydrogen-bond donors (Lipinski definition) is 0. The van der Waals surface area contributed by atoms with Crippen molar-refractivity contribution in [2.75, 3.05) is 37.7 Å². The fourth-order valence-electron chi connectivity index (χ4n) is 3.72. The molecule has 1 aliphatic heterocycles. The van der Waals surface area contributed by atoms with Crippen LogP contribution in [0.25, 0.3) is 11.3 Å². The minimum Gasteiger partial charge on any atom is -0.494 e. The average molecular weight is 467 g/mol. The monoisotopic (exact) mass is 466 g/mol. The summed E-state index contributed by atoms with van der Waals surface area (Å²) in [5, 5.41) is 9.43. The van der Waals surface area contributed by atoms with Crippen molar-refractivity contribution < 1.29 is 14.3 Å². The van der Waals surface area contributed by atoms with E-state index in [1.165, 1.54) is 0 Å². The second-order valence-corrected chi connectivity index (χ2v) is 8.20. The van der Waals surface area contributed by atoms with Gasteiger partial charge in [-0.1, -0.05) is 23.7 Å². The Morgan fingerprint density at radius 2 is 1.61 bits per heavy atom. The predicted molar refractivity (Wildman–Crippen MR) is 129 cm³/mol. The number of benzene rings is 2. The molecule has 1 saturated heterocycles. The van der Waals surface area contributed by atoms with Crippen molar-refractivity contribution in [1.29, 1.82) is 0 Å². The Balaban J connectivity index is 1.29. The molecule has 172 valence electrons. The first-order valence-electron chi connectivity index (χ1n) is 11.1. The van der Waals surface area contributed by atoms with Crippen molar-refractivity contribution >= 4 is 23.3 Å². The molecule has 7 nitrogen and oxygen atoms in total. The summed E-state index contributed by atoms with van der Waals surface area (Å²) in [6.07, 6.45) is -0.562. The van der Waals surface area contributed by atoms with Crippen molar-refractivity contribution in [3.05, 3.63) is 65.7 Å². The van der Waals surface area contributed by atoms with Crippen LogP contribution in [0.1, 0.15) is 13.8 Å². The summed E-state index contributed by atoms with van der Waals surface area (Å²) >= 11 is 5.95. The van der Waals surface area contributed by atoms with Crippen LogP contribution in [-0.2, 0) is 4.79 Å². The maximum Gasteiger partial charge on any atom is 0.263 e. The standard InChI is InChI=1S/C25H27ClN4O3/c1-3-32-21-8-10-22(11-9-21)33-18(2)25(31)30-16-14-29(15-17-30)24-13-12-23(27-28-24)19-4-6-20(26)7-5-19/h4-13,18H,3,14-17H2,1-2H3. The number of amides is 1. The summed E-state index contributed by atoms with van der Waals surface area (Å²) in [5.41, 5.74) is 1.76. The Hall–Kier alpha value is -3.32. The molecule has 0 spiro atoms. The summed E-state index contributed by atoms with van der Waals surface area (Å²) in [7, 11) is 0. The zero-order valence-corrected chi connectivity index (χ0v) is 19.5. The smallest absolute Gasteiger partial charge is 0.263 e. The minimum absolute atomic E-state index is 0.0206. The number of carbonyl (C=O) groups is 1. The number of carbonyl (C=O) groups excluding carboxylic acids is 1. The van der Waals surface area contributed by atoms with Gasteiger partial charge in [-0.05, 0) is 62.4 Å². The van der Waals surface area contributed by atoms with Gasteiger partial charge in [0.1, 0.15) is 11.5 Å². The van der Waals surface area contributed by atoms with Gasteiger partial charge in [-0.2, -0.15) is 0 Å². The van der Waals surface area contributed by atoms with Crippen LogP contribution in [0.3, 0.4) is 0 Å². The molecule has 0 N–H and O–H groups in total. The number of piperazine rings is 1. The van der Waals surface area contributed by atoms with E-state index in [0.29, 0.717) is 43.6 Å². The van der Waals surface area contributed by atoms with Gasteiger partial charge in [0.2, 0.25) is 0 Å². The van der Waals surface area contributed by atoms with Gasteiger partial charge in [0.25, 0.3) is 5.91 Å². The molecular formula is C25H27ClN4O3. The van der Waals surface area contributed by atoms with Crippen LogP contribution in [-0.4, -0.2) is 59.9 Å². The van der Waals surface area contributed by atoms with Gasteiger partial charge in [-0.3, -0.25) is 4.79 Å². The second kappa shape index (κ2) is 10.5. The molecule has 8 heteroatoms. The van der Waals surface area contributed by atoms with Gasteiger partial charge in [0, 0.05) is 36.8 Å². The Morgan fingerprint density at radius 1 is 0.939 bits per heavy atom. The van der Waals surface area contributed by atoms with E-state index in [-0.39, 0.29) is 5.91 Å². The Kier molecular flexibility index (Phi) is 7.29. The maximum absolute atomic E-state index is 12.9. The van der Waals surface area contributed by atoms with Gasteiger partial charge >= 0.3 is 0 Å². The second-order valence-electron chi connectivity index (χ2n) is 7.76. The third kappa shape index (κ3) is 5.73. The van der Waals surface area contributed by atoms with Gasteiger partial charge in [0.15, 0.2) is 11.9 Å². The largest absolute Gasteiger partial charge is 0.494 e. The summed E-state index contributed by atoms with van der Waals surface area (Å²) in [6.45, 7) is 6.93. The van der Waals surface area contributed by atoms with Crippen molar-refractivity contribution in [2.24, 2.45) is 0 Å².